The number of alkyl halides is 5. The molecular weight excluding hydrogens is 481 g/mol. The Hall–Kier alpha value is -3.80. The summed E-state index contributed by atoms with van der Waals surface area (Å²) < 4.78 is 66.8. The van der Waals surface area contributed by atoms with Crippen LogP contribution in [0.2, 0.25) is 0 Å². The topological polar surface area (TPSA) is 12.9 Å². The molecule has 0 saturated heterocycles. The maximum absolute atomic E-state index is 14.0. The number of hydrogen-bond acceptors (Lipinski definition) is 1. The molecule has 0 amide bonds. The van der Waals surface area contributed by atoms with E-state index in [0.29, 0.717) is 16.7 Å². The zero-order valence-corrected chi connectivity index (χ0v) is 20.8. The molecule has 0 unspecified atom stereocenters. The van der Waals surface area contributed by atoms with Crippen LogP contribution in [0.1, 0.15) is 27.8 Å². The van der Waals surface area contributed by atoms with Crippen molar-refractivity contribution in [3.05, 3.63) is 101 Å². The average molecular weight is 506 g/mol. The van der Waals surface area contributed by atoms with Gasteiger partial charge in [0, 0.05) is 22.7 Å². The third-order valence-electron chi connectivity index (χ3n) is 6.80. The molecule has 1 heterocycles. The van der Waals surface area contributed by atoms with Crippen LogP contribution in [-0.4, -0.2) is 11.2 Å². The Labute approximate surface area is 211 Å². The third-order valence-corrected chi connectivity index (χ3v) is 6.80. The van der Waals surface area contributed by atoms with Crippen molar-refractivity contribution in [1.29, 1.82) is 0 Å². The van der Waals surface area contributed by atoms with Gasteiger partial charge in [-0.2, -0.15) is 22.0 Å². The van der Waals surface area contributed by atoms with E-state index >= 15 is 0 Å². The van der Waals surface area contributed by atoms with Gasteiger partial charge in [-0.15, -0.1) is 0 Å². The molecule has 0 bridgehead atoms. The Bertz CT molecular complexity index is 1640. The summed E-state index contributed by atoms with van der Waals surface area (Å²) in [5.74, 6) is -4.91. The van der Waals surface area contributed by atoms with Gasteiger partial charge in [0.25, 0.3) is 0 Å². The summed E-state index contributed by atoms with van der Waals surface area (Å²) in [7, 11) is 0. The molecule has 37 heavy (non-hydrogen) atoms. The van der Waals surface area contributed by atoms with Crippen molar-refractivity contribution in [2.45, 2.75) is 39.8 Å². The van der Waals surface area contributed by atoms with Crippen molar-refractivity contribution >= 4 is 21.5 Å². The summed E-state index contributed by atoms with van der Waals surface area (Å²) in [6.07, 6.45) is -3.86. The van der Waals surface area contributed by atoms with Gasteiger partial charge in [0.2, 0.25) is 0 Å². The van der Waals surface area contributed by atoms with Gasteiger partial charge in [0.1, 0.15) is 0 Å². The normalized spacial score (nSPS) is 12.5. The van der Waals surface area contributed by atoms with Gasteiger partial charge >= 0.3 is 12.1 Å². The van der Waals surface area contributed by atoms with Crippen molar-refractivity contribution in [3.8, 4) is 22.4 Å². The van der Waals surface area contributed by atoms with E-state index in [1.807, 2.05) is 36.4 Å². The molecule has 1 aromatic heterocycles. The van der Waals surface area contributed by atoms with Crippen molar-refractivity contribution < 1.29 is 22.0 Å². The van der Waals surface area contributed by atoms with E-state index < -0.39 is 17.7 Å². The first-order chi connectivity index (χ1) is 17.4. The zero-order chi connectivity index (χ0) is 26.7. The lowest BCUT2D eigenvalue weighted by Gasteiger charge is -2.22. The van der Waals surface area contributed by atoms with Crippen molar-refractivity contribution in [1.82, 2.24) is 4.98 Å². The van der Waals surface area contributed by atoms with Crippen LogP contribution in [0.4, 0.5) is 22.0 Å². The fraction of sp³-hybridized carbons (Fsp3) is 0.194. The molecule has 6 heteroatoms. The Balaban J connectivity index is 1.64. The van der Waals surface area contributed by atoms with E-state index in [9.17, 15) is 22.0 Å². The number of aromatic nitrogens is 1. The molecule has 0 N–H and O–H groups in total. The Morgan fingerprint density at radius 2 is 1.22 bits per heavy atom. The molecule has 0 radical (unpaired) electrons. The monoisotopic (exact) mass is 505 g/mol. The molecule has 1 nitrogen and oxygen atoms in total. The average Bonchev–Trinajstić information content (AvgIpc) is 2.81. The Morgan fingerprint density at radius 1 is 0.595 bits per heavy atom. The Morgan fingerprint density at radius 3 is 1.84 bits per heavy atom. The van der Waals surface area contributed by atoms with Crippen LogP contribution in [0, 0.1) is 27.7 Å². The fourth-order valence-corrected chi connectivity index (χ4v) is 5.26. The van der Waals surface area contributed by atoms with Gasteiger partial charge in [-0.3, -0.25) is 4.98 Å². The highest BCUT2D eigenvalue weighted by Gasteiger charge is 2.58. The minimum Gasteiger partial charge on any atom is -0.256 e. The highest BCUT2D eigenvalue weighted by molar-refractivity contribution is 6.12. The Kier molecular flexibility index (Phi) is 5.81. The first-order valence-electron chi connectivity index (χ1n) is 11.8. The SMILES string of the molecule is Cc1cc(C)cc(-c2nccc3c2ccc2cc(-c4c(C)cc(C(F)(F)C(F)(F)F)cc4C)ccc23)c1. The maximum atomic E-state index is 14.0. The van der Waals surface area contributed by atoms with Crippen LogP contribution < -0.4 is 0 Å². The molecule has 188 valence electrons. The molecule has 0 aliphatic rings. The standard InChI is InChI=1S/C31H24F5N/c1-17-11-18(2)13-23(12-17)29-27-8-5-21-16-22(6-7-25(21)26(27)9-10-37-29)28-19(3)14-24(15-20(28)4)30(32,33)31(34,35)36/h5-16H,1-4H3. The zero-order valence-electron chi connectivity index (χ0n) is 20.8. The summed E-state index contributed by atoms with van der Waals surface area (Å²) >= 11 is 0. The first-order valence-corrected chi connectivity index (χ1v) is 11.8. The second kappa shape index (κ2) is 8.65. The first kappa shape index (κ1) is 24.9. The smallest absolute Gasteiger partial charge is 0.256 e. The number of halogens is 5. The molecule has 0 atom stereocenters. The molecular formula is C31H24F5N. The van der Waals surface area contributed by atoms with Crippen LogP contribution in [0.15, 0.2) is 72.9 Å². The van der Waals surface area contributed by atoms with E-state index in [-0.39, 0.29) is 0 Å². The lowest BCUT2D eigenvalue weighted by Crippen LogP contribution is -2.33. The fourth-order valence-electron chi connectivity index (χ4n) is 5.26. The van der Waals surface area contributed by atoms with E-state index in [4.69, 9.17) is 0 Å². The van der Waals surface area contributed by atoms with Gasteiger partial charge in [0.15, 0.2) is 0 Å². The number of rotatable bonds is 3. The predicted octanol–water partition coefficient (Wildman–Crippen LogP) is 9.61. The minimum absolute atomic E-state index is 0.361. The van der Waals surface area contributed by atoms with Gasteiger partial charge in [-0.05, 0) is 103 Å². The highest BCUT2D eigenvalue weighted by atomic mass is 19.4. The molecule has 0 fully saturated rings. The summed E-state index contributed by atoms with van der Waals surface area (Å²) in [5.41, 5.74) is 5.33. The number of fused-ring (bicyclic) bond motifs is 3. The second-order valence-corrected chi connectivity index (χ2v) is 9.69. The quantitative estimate of drug-likeness (QED) is 0.176. The summed E-state index contributed by atoms with van der Waals surface area (Å²) in [6.45, 7) is 7.23. The summed E-state index contributed by atoms with van der Waals surface area (Å²) in [4.78, 5) is 4.66. The number of hydrogen-bond donors (Lipinski definition) is 0. The van der Waals surface area contributed by atoms with Gasteiger partial charge in [-0.1, -0.05) is 41.5 Å². The van der Waals surface area contributed by atoms with Crippen molar-refractivity contribution in [3.63, 3.8) is 0 Å². The lowest BCUT2D eigenvalue weighted by atomic mass is 9.90. The second-order valence-electron chi connectivity index (χ2n) is 9.69. The van der Waals surface area contributed by atoms with Gasteiger partial charge in [0.05, 0.1) is 5.69 Å². The molecule has 0 aliphatic carbocycles. The third kappa shape index (κ3) is 4.24. The highest BCUT2D eigenvalue weighted by Crippen LogP contribution is 2.45. The van der Waals surface area contributed by atoms with E-state index in [2.05, 4.69) is 37.0 Å². The lowest BCUT2D eigenvalue weighted by molar-refractivity contribution is -0.289. The largest absolute Gasteiger partial charge is 0.458 e. The molecule has 5 rings (SSSR count). The summed E-state index contributed by atoms with van der Waals surface area (Å²) in [5, 5.41) is 3.98. The predicted molar refractivity (Wildman–Crippen MR) is 139 cm³/mol. The van der Waals surface area contributed by atoms with Crippen LogP contribution in [0.5, 0.6) is 0 Å². The molecule has 0 spiro atoms. The minimum atomic E-state index is -5.65. The van der Waals surface area contributed by atoms with Gasteiger partial charge < -0.3 is 0 Å². The van der Waals surface area contributed by atoms with Crippen LogP contribution in [0.3, 0.4) is 0 Å². The van der Waals surface area contributed by atoms with E-state index in [1.54, 1.807) is 20.0 Å². The van der Waals surface area contributed by atoms with Crippen LogP contribution >= 0.6 is 0 Å². The number of aryl methyl sites for hydroxylation is 4. The van der Waals surface area contributed by atoms with Crippen LogP contribution in [-0.2, 0) is 5.92 Å². The molecule has 0 saturated carbocycles. The van der Waals surface area contributed by atoms with Crippen LogP contribution in [0.25, 0.3) is 43.9 Å². The number of nitrogens with zero attached hydrogens (tertiary/aromatic N) is 1. The maximum Gasteiger partial charge on any atom is 0.458 e. The molecule has 5 aromatic rings. The number of benzene rings is 4. The van der Waals surface area contributed by atoms with E-state index in [0.717, 1.165) is 61.6 Å². The van der Waals surface area contributed by atoms with Gasteiger partial charge in [-0.25, -0.2) is 0 Å². The molecule has 0 aliphatic heterocycles. The molecule has 4 aromatic carbocycles. The van der Waals surface area contributed by atoms with Crippen molar-refractivity contribution in [2.75, 3.05) is 0 Å². The summed E-state index contributed by atoms with van der Waals surface area (Å²) in [6, 6.07) is 20.0. The van der Waals surface area contributed by atoms with Crippen molar-refractivity contribution in [2.24, 2.45) is 0 Å². The van der Waals surface area contributed by atoms with E-state index in [1.165, 1.54) is 0 Å². The number of pyridine rings is 1.